The standard InChI is InChI=1S/C20H20FNO2S/c1-4-15-13-20(16-5-11-19(12-6-16)25(3,23)24)22(14(15)2)18-9-7-17(21)8-10-18/h5-13H,4H2,1-3H3. The first-order valence-corrected chi connectivity index (χ1v) is 9.98. The number of aromatic nitrogens is 1. The Bertz CT molecular complexity index is 1000. The van der Waals surface area contributed by atoms with Gasteiger partial charge in [0.2, 0.25) is 0 Å². The van der Waals surface area contributed by atoms with Gasteiger partial charge in [-0.05, 0) is 66.9 Å². The maximum absolute atomic E-state index is 13.3. The van der Waals surface area contributed by atoms with Gasteiger partial charge >= 0.3 is 0 Å². The zero-order chi connectivity index (χ0) is 18.2. The molecule has 0 N–H and O–H groups in total. The van der Waals surface area contributed by atoms with Crippen LogP contribution in [0.5, 0.6) is 0 Å². The smallest absolute Gasteiger partial charge is 0.175 e. The molecule has 0 aliphatic heterocycles. The monoisotopic (exact) mass is 357 g/mol. The minimum Gasteiger partial charge on any atom is -0.314 e. The topological polar surface area (TPSA) is 39.1 Å². The summed E-state index contributed by atoms with van der Waals surface area (Å²) in [6.07, 6.45) is 2.08. The molecule has 0 atom stereocenters. The summed E-state index contributed by atoms with van der Waals surface area (Å²) in [6, 6.07) is 15.3. The van der Waals surface area contributed by atoms with Crippen molar-refractivity contribution >= 4 is 9.84 Å². The molecule has 1 aromatic heterocycles. The average Bonchev–Trinajstić information content (AvgIpc) is 2.91. The van der Waals surface area contributed by atoms with Gasteiger partial charge in [0, 0.05) is 17.6 Å². The van der Waals surface area contributed by atoms with Crippen LogP contribution in [-0.2, 0) is 16.3 Å². The van der Waals surface area contributed by atoms with Gasteiger partial charge in [0.05, 0.1) is 10.6 Å². The van der Waals surface area contributed by atoms with Gasteiger partial charge in [-0.15, -0.1) is 0 Å². The van der Waals surface area contributed by atoms with E-state index < -0.39 is 9.84 Å². The van der Waals surface area contributed by atoms with E-state index in [1.54, 1.807) is 24.3 Å². The van der Waals surface area contributed by atoms with E-state index in [1.165, 1.54) is 24.0 Å². The van der Waals surface area contributed by atoms with Crippen LogP contribution in [0, 0.1) is 12.7 Å². The summed E-state index contributed by atoms with van der Waals surface area (Å²) in [5.41, 5.74) is 5.05. The summed E-state index contributed by atoms with van der Waals surface area (Å²) in [6.45, 7) is 4.13. The van der Waals surface area contributed by atoms with Crippen LogP contribution in [0.2, 0.25) is 0 Å². The number of hydrogen-bond donors (Lipinski definition) is 0. The van der Waals surface area contributed by atoms with Crippen molar-refractivity contribution in [1.82, 2.24) is 4.57 Å². The van der Waals surface area contributed by atoms with E-state index in [0.717, 1.165) is 29.1 Å². The van der Waals surface area contributed by atoms with Gasteiger partial charge < -0.3 is 4.57 Å². The summed E-state index contributed by atoms with van der Waals surface area (Å²) in [5, 5.41) is 0. The molecule has 2 aromatic carbocycles. The molecule has 3 nitrogen and oxygen atoms in total. The number of halogens is 1. The van der Waals surface area contributed by atoms with E-state index in [4.69, 9.17) is 0 Å². The van der Waals surface area contributed by atoms with Crippen molar-refractivity contribution in [2.24, 2.45) is 0 Å². The number of benzene rings is 2. The maximum Gasteiger partial charge on any atom is 0.175 e. The van der Waals surface area contributed by atoms with Crippen LogP contribution in [0.1, 0.15) is 18.2 Å². The molecule has 3 aromatic rings. The van der Waals surface area contributed by atoms with Crippen LogP contribution in [0.3, 0.4) is 0 Å². The van der Waals surface area contributed by atoms with E-state index >= 15 is 0 Å². The Morgan fingerprint density at radius 1 is 1.00 bits per heavy atom. The predicted octanol–water partition coefficient (Wildman–Crippen LogP) is 4.56. The minimum absolute atomic E-state index is 0.275. The molecule has 0 saturated carbocycles. The first-order valence-electron chi connectivity index (χ1n) is 8.09. The maximum atomic E-state index is 13.3. The molecule has 0 spiro atoms. The van der Waals surface area contributed by atoms with E-state index in [-0.39, 0.29) is 5.82 Å². The van der Waals surface area contributed by atoms with Crippen LogP contribution in [0.15, 0.2) is 59.5 Å². The average molecular weight is 357 g/mol. The predicted molar refractivity (Wildman–Crippen MR) is 98.4 cm³/mol. The van der Waals surface area contributed by atoms with Gasteiger partial charge in [0.1, 0.15) is 5.82 Å². The molecule has 0 aliphatic carbocycles. The van der Waals surface area contributed by atoms with E-state index in [1.807, 2.05) is 19.1 Å². The zero-order valence-corrected chi connectivity index (χ0v) is 15.3. The van der Waals surface area contributed by atoms with Crippen LogP contribution >= 0.6 is 0 Å². The molecule has 25 heavy (non-hydrogen) atoms. The molecular weight excluding hydrogens is 337 g/mol. The lowest BCUT2D eigenvalue weighted by atomic mass is 10.1. The Kier molecular flexibility index (Phi) is 4.52. The van der Waals surface area contributed by atoms with Gasteiger partial charge in [-0.2, -0.15) is 0 Å². The number of nitrogens with zero attached hydrogens (tertiary/aromatic N) is 1. The van der Waals surface area contributed by atoms with Crippen molar-refractivity contribution in [3.63, 3.8) is 0 Å². The first-order chi connectivity index (χ1) is 11.8. The van der Waals surface area contributed by atoms with Crippen molar-refractivity contribution in [2.45, 2.75) is 25.2 Å². The number of sulfone groups is 1. The van der Waals surface area contributed by atoms with Crippen molar-refractivity contribution in [3.05, 3.63) is 71.7 Å². The van der Waals surface area contributed by atoms with Crippen molar-refractivity contribution in [3.8, 4) is 16.9 Å². The van der Waals surface area contributed by atoms with Gasteiger partial charge in [0.15, 0.2) is 9.84 Å². The third-order valence-electron chi connectivity index (χ3n) is 4.40. The molecule has 0 fully saturated rings. The summed E-state index contributed by atoms with van der Waals surface area (Å²) in [5.74, 6) is -0.275. The van der Waals surface area contributed by atoms with Gasteiger partial charge in [-0.1, -0.05) is 19.1 Å². The molecule has 1 heterocycles. The highest BCUT2D eigenvalue weighted by Gasteiger charge is 2.15. The SMILES string of the molecule is CCc1cc(-c2ccc(S(C)(=O)=O)cc2)n(-c2ccc(F)cc2)c1C. The second-order valence-electron chi connectivity index (χ2n) is 6.10. The fraction of sp³-hybridized carbons (Fsp3) is 0.200. The fourth-order valence-corrected chi connectivity index (χ4v) is 3.65. The lowest BCUT2D eigenvalue weighted by Crippen LogP contribution is -2.01. The van der Waals surface area contributed by atoms with Crippen LogP contribution in [0.4, 0.5) is 4.39 Å². The van der Waals surface area contributed by atoms with Crippen molar-refractivity contribution in [2.75, 3.05) is 6.26 Å². The molecule has 3 rings (SSSR count). The first kappa shape index (κ1) is 17.4. The van der Waals surface area contributed by atoms with Crippen LogP contribution in [0.25, 0.3) is 16.9 Å². The third-order valence-corrected chi connectivity index (χ3v) is 5.52. The molecule has 0 radical (unpaired) electrons. The quantitative estimate of drug-likeness (QED) is 0.687. The highest BCUT2D eigenvalue weighted by molar-refractivity contribution is 7.90. The second-order valence-corrected chi connectivity index (χ2v) is 8.12. The van der Waals surface area contributed by atoms with Gasteiger partial charge in [0.25, 0.3) is 0 Å². The molecule has 0 amide bonds. The zero-order valence-electron chi connectivity index (χ0n) is 14.5. The summed E-state index contributed by atoms with van der Waals surface area (Å²) >= 11 is 0. The Morgan fingerprint density at radius 2 is 1.60 bits per heavy atom. The second kappa shape index (κ2) is 6.48. The van der Waals surface area contributed by atoms with Crippen molar-refractivity contribution in [1.29, 1.82) is 0 Å². The Balaban J connectivity index is 2.17. The van der Waals surface area contributed by atoms with Gasteiger partial charge in [-0.3, -0.25) is 0 Å². The highest BCUT2D eigenvalue weighted by Crippen LogP contribution is 2.30. The van der Waals surface area contributed by atoms with Crippen LogP contribution in [-0.4, -0.2) is 19.2 Å². The van der Waals surface area contributed by atoms with E-state index in [2.05, 4.69) is 17.6 Å². The van der Waals surface area contributed by atoms with E-state index in [9.17, 15) is 12.8 Å². The fourth-order valence-electron chi connectivity index (χ4n) is 3.02. The molecule has 0 aliphatic rings. The highest BCUT2D eigenvalue weighted by atomic mass is 32.2. The Morgan fingerprint density at radius 3 is 2.12 bits per heavy atom. The molecule has 0 unspecified atom stereocenters. The largest absolute Gasteiger partial charge is 0.314 e. The molecule has 5 heteroatoms. The minimum atomic E-state index is -3.22. The number of hydrogen-bond acceptors (Lipinski definition) is 2. The Labute approximate surface area is 147 Å². The normalized spacial score (nSPS) is 11.7. The van der Waals surface area contributed by atoms with Crippen molar-refractivity contribution < 1.29 is 12.8 Å². The third kappa shape index (κ3) is 3.37. The van der Waals surface area contributed by atoms with E-state index in [0.29, 0.717) is 4.90 Å². The molecule has 130 valence electrons. The Hall–Kier alpha value is -2.40. The lowest BCUT2D eigenvalue weighted by Gasteiger charge is -2.13. The van der Waals surface area contributed by atoms with Gasteiger partial charge in [-0.25, -0.2) is 12.8 Å². The number of rotatable bonds is 4. The summed E-state index contributed by atoms with van der Waals surface area (Å²) < 4.78 is 38.7. The summed E-state index contributed by atoms with van der Waals surface area (Å²) in [4.78, 5) is 0.295. The summed E-state index contributed by atoms with van der Waals surface area (Å²) in [7, 11) is -3.22. The molecule has 0 bridgehead atoms. The molecular formula is C20H20FNO2S. The number of aryl methyl sites for hydroxylation is 1. The van der Waals surface area contributed by atoms with Crippen LogP contribution < -0.4 is 0 Å². The lowest BCUT2D eigenvalue weighted by molar-refractivity contribution is 0.602. The molecule has 0 saturated heterocycles.